The molecule has 64 heavy (non-hydrogen) atoms. The van der Waals surface area contributed by atoms with Crippen molar-refractivity contribution in [2.75, 3.05) is 13.2 Å². The molecule has 1 fully saturated rings. The van der Waals surface area contributed by atoms with Gasteiger partial charge in [0.1, 0.15) is 36.6 Å². The number of rotatable bonds is 43. The molecule has 0 aromatic rings. The molecule has 1 aliphatic heterocycles. The molecule has 11 heteroatoms. The van der Waals surface area contributed by atoms with E-state index in [2.05, 4.69) is 67.8 Å². The summed E-state index contributed by atoms with van der Waals surface area (Å²) in [5, 5.41) is 75.7. The van der Waals surface area contributed by atoms with Crippen LogP contribution in [0.3, 0.4) is 0 Å². The van der Waals surface area contributed by atoms with Gasteiger partial charge in [0.05, 0.1) is 25.4 Å². The summed E-state index contributed by atoms with van der Waals surface area (Å²) in [5.74, 6) is -0.731. The number of aliphatic hydroxyl groups is 7. The lowest BCUT2D eigenvalue weighted by atomic mass is 9.98. The molecule has 9 atom stereocenters. The Morgan fingerprint density at radius 1 is 0.531 bits per heavy atom. The van der Waals surface area contributed by atoms with Crippen molar-refractivity contribution in [1.29, 1.82) is 0 Å². The van der Waals surface area contributed by atoms with Crippen molar-refractivity contribution in [3.63, 3.8) is 0 Å². The van der Waals surface area contributed by atoms with E-state index < -0.39 is 74.2 Å². The number of amides is 1. The van der Waals surface area contributed by atoms with Gasteiger partial charge in [-0.3, -0.25) is 4.79 Å². The molecule has 1 saturated heterocycles. The number of aliphatic hydroxyl groups excluding tert-OH is 7. The average molecular weight is 908 g/mol. The topological polar surface area (TPSA) is 189 Å². The predicted molar refractivity (Wildman–Crippen MR) is 261 cm³/mol. The molecule has 0 aliphatic carbocycles. The molecule has 1 heterocycles. The number of unbranched alkanes of at least 4 members (excludes halogenated alkanes) is 23. The van der Waals surface area contributed by atoms with Crippen LogP contribution in [-0.2, 0) is 14.3 Å². The number of hydrogen-bond donors (Lipinski definition) is 8. The summed E-state index contributed by atoms with van der Waals surface area (Å²) in [6.45, 7) is 3.40. The lowest BCUT2D eigenvalue weighted by Gasteiger charge is -2.40. The third kappa shape index (κ3) is 31.1. The molecule has 1 rings (SSSR count). The van der Waals surface area contributed by atoms with Crippen molar-refractivity contribution in [1.82, 2.24) is 5.32 Å². The molecule has 8 N–H and O–H groups in total. The Balaban J connectivity index is 2.40. The van der Waals surface area contributed by atoms with Crippen molar-refractivity contribution < 1.29 is 50.0 Å². The third-order valence-corrected chi connectivity index (χ3v) is 12.3. The molecule has 0 saturated carbocycles. The second kappa shape index (κ2) is 42.4. The molecule has 11 nitrogen and oxygen atoms in total. The van der Waals surface area contributed by atoms with Crippen molar-refractivity contribution in [2.24, 2.45) is 0 Å². The van der Waals surface area contributed by atoms with Crippen LogP contribution in [-0.4, -0.2) is 110 Å². The highest BCUT2D eigenvalue weighted by molar-refractivity contribution is 5.80. The second-order valence-corrected chi connectivity index (χ2v) is 18.2. The van der Waals surface area contributed by atoms with Crippen LogP contribution in [0, 0.1) is 0 Å². The summed E-state index contributed by atoms with van der Waals surface area (Å²) < 4.78 is 11.1. The van der Waals surface area contributed by atoms with Crippen LogP contribution >= 0.6 is 0 Å². The van der Waals surface area contributed by atoms with Crippen LogP contribution in [0.4, 0.5) is 0 Å². The zero-order valence-electron chi connectivity index (χ0n) is 40.5. The fourth-order valence-corrected chi connectivity index (χ4v) is 8.00. The predicted octanol–water partition coefficient (Wildman–Crippen LogP) is 9.73. The van der Waals surface area contributed by atoms with Crippen LogP contribution < -0.4 is 5.32 Å². The first kappa shape index (κ1) is 60.1. The molecule has 0 radical (unpaired) electrons. The van der Waals surface area contributed by atoms with Crippen molar-refractivity contribution in [3.05, 3.63) is 48.6 Å². The van der Waals surface area contributed by atoms with Crippen molar-refractivity contribution >= 4 is 5.91 Å². The standard InChI is InChI=1S/C53H97NO10/c1-3-5-7-9-11-13-15-17-18-19-20-21-22-23-24-25-26-27-28-29-31-32-34-36-38-40-45(56)48(58)44(43-63-53-51(61)50(60)49(59)47(42-55)64-53)54-52(62)46(57)41-39-37-35-33-30-16-14-12-10-8-6-4-2/h23-24,27-28,30,32-34,44-51,53,55-61H,3-22,25-26,29,31,35-43H2,1-2H3,(H,54,62)/b24-23+,28-27+,33-30-,34-32+. The SMILES string of the molecule is CCCCCCCC/C=C\CCCCC(O)C(=O)NC(COC1OC(CO)C(O)C(O)C1O)C(O)C(O)CCC/C=C/CC/C=C/CC/C=C/CCCCCCCCCCCCCC. The molecule has 0 spiro atoms. The van der Waals surface area contributed by atoms with Gasteiger partial charge < -0.3 is 50.5 Å². The van der Waals surface area contributed by atoms with E-state index in [4.69, 9.17) is 9.47 Å². The van der Waals surface area contributed by atoms with Gasteiger partial charge in [-0.15, -0.1) is 0 Å². The molecule has 1 aliphatic rings. The number of nitrogens with one attached hydrogen (secondary N) is 1. The molecule has 9 unspecified atom stereocenters. The maximum Gasteiger partial charge on any atom is 0.249 e. The average Bonchev–Trinajstić information content (AvgIpc) is 3.29. The van der Waals surface area contributed by atoms with Crippen LogP contribution in [0.2, 0.25) is 0 Å². The van der Waals surface area contributed by atoms with Gasteiger partial charge in [0.2, 0.25) is 5.91 Å². The monoisotopic (exact) mass is 908 g/mol. The Bertz CT molecular complexity index is 1180. The lowest BCUT2D eigenvalue weighted by Crippen LogP contribution is -2.60. The molecule has 0 aromatic carbocycles. The highest BCUT2D eigenvalue weighted by Gasteiger charge is 2.44. The molecule has 0 aromatic heterocycles. The highest BCUT2D eigenvalue weighted by Crippen LogP contribution is 2.23. The quantitative estimate of drug-likeness (QED) is 0.0216. The van der Waals surface area contributed by atoms with Gasteiger partial charge in [-0.1, -0.05) is 172 Å². The fourth-order valence-electron chi connectivity index (χ4n) is 8.00. The van der Waals surface area contributed by atoms with Gasteiger partial charge in [0.25, 0.3) is 0 Å². The zero-order chi connectivity index (χ0) is 46.9. The minimum atomic E-state index is -1.68. The van der Waals surface area contributed by atoms with Crippen LogP contribution in [0.15, 0.2) is 48.6 Å². The van der Waals surface area contributed by atoms with E-state index in [1.165, 1.54) is 122 Å². The van der Waals surface area contributed by atoms with E-state index in [1.807, 2.05) is 0 Å². The Morgan fingerprint density at radius 2 is 0.938 bits per heavy atom. The Kier molecular flexibility index (Phi) is 39.8. The van der Waals surface area contributed by atoms with E-state index >= 15 is 0 Å². The van der Waals surface area contributed by atoms with Gasteiger partial charge in [-0.05, 0) is 89.9 Å². The van der Waals surface area contributed by atoms with Gasteiger partial charge in [-0.2, -0.15) is 0 Å². The summed E-state index contributed by atoms with van der Waals surface area (Å²) in [4.78, 5) is 13.1. The van der Waals surface area contributed by atoms with Crippen molar-refractivity contribution in [2.45, 2.75) is 268 Å². The van der Waals surface area contributed by atoms with E-state index in [0.717, 1.165) is 44.9 Å². The van der Waals surface area contributed by atoms with Gasteiger partial charge >= 0.3 is 0 Å². The second-order valence-electron chi connectivity index (χ2n) is 18.2. The van der Waals surface area contributed by atoms with E-state index in [-0.39, 0.29) is 12.8 Å². The third-order valence-electron chi connectivity index (χ3n) is 12.3. The van der Waals surface area contributed by atoms with E-state index in [0.29, 0.717) is 19.3 Å². The summed E-state index contributed by atoms with van der Waals surface area (Å²) in [6, 6.07) is -1.20. The number of ether oxygens (including phenoxy) is 2. The maximum atomic E-state index is 13.1. The minimum Gasteiger partial charge on any atom is -0.394 e. The Hall–Kier alpha value is -1.93. The number of carbonyl (C=O) groups is 1. The Labute approximate surface area is 389 Å². The van der Waals surface area contributed by atoms with Crippen LogP contribution in [0.5, 0.6) is 0 Å². The number of allylic oxidation sites excluding steroid dienone is 8. The molecule has 374 valence electrons. The van der Waals surface area contributed by atoms with E-state index in [9.17, 15) is 40.5 Å². The first-order valence-corrected chi connectivity index (χ1v) is 26.0. The normalized spacial score (nSPS) is 21.4. The summed E-state index contributed by atoms with van der Waals surface area (Å²) >= 11 is 0. The smallest absolute Gasteiger partial charge is 0.249 e. The fraction of sp³-hybridized carbons (Fsp3) is 0.830. The first-order valence-electron chi connectivity index (χ1n) is 26.0. The zero-order valence-corrected chi connectivity index (χ0v) is 40.5. The molecular formula is C53H97NO10. The van der Waals surface area contributed by atoms with Gasteiger partial charge in [0.15, 0.2) is 6.29 Å². The Morgan fingerprint density at radius 3 is 1.39 bits per heavy atom. The minimum absolute atomic E-state index is 0.217. The lowest BCUT2D eigenvalue weighted by molar-refractivity contribution is -0.303. The van der Waals surface area contributed by atoms with Gasteiger partial charge in [-0.25, -0.2) is 0 Å². The summed E-state index contributed by atoms with van der Waals surface area (Å²) in [7, 11) is 0. The van der Waals surface area contributed by atoms with Gasteiger partial charge in [0, 0.05) is 0 Å². The number of hydrogen-bond acceptors (Lipinski definition) is 10. The van der Waals surface area contributed by atoms with E-state index in [1.54, 1.807) is 0 Å². The number of carbonyl (C=O) groups excluding carboxylic acids is 1. The summed E-state index contributed by atoms with van der Waals surface area (Å²) in [6.07, 6.45) is 40.3. The van der Waals surface area contributed by atoms with Crippen molar-refractivity contribution in [3.8, 4) is 0 Å². The molecular weight excluding hydrogens is 811 g/mol. The van der Waals surface area contributed by atoms with Crippen LogP contribution in [0.1, 0.15) is 213 Å². The largest absolute Gasteiger partial charge is 0.394 e. The maximum absolute atomic E-state index is 13.1. The van der Waals surface area contributed by atoms with Crippen LogP contribution in [0.25, 0.3) is 0 Å². The molecule has 0 bridgehead atoms. The highest BCUT2D eigenvalue weighted by atomic mass is 16.7. The first-order chi connectivity index (χ1) is 31.2. The molecule has 1 amide bonds. The summed E-state index contributed by atoms with van der Waals surface area (Å²) in [5.41, 5.74) is 0.